The molecule has 3 aliphatic rings. The zero-order valence-corrected chi connectivity index (χ0v) is 23.9. The van der Waals surface area contributed by atoms with Crippen molar-refractivity contribution in [2.75, 3.05) is 26.2 Å². The Balaban J connectivity index is 0.00000320. The molecule has 7 heteroatoms. The third kappa shape index (κ3) is 6.76. The van der Waals surface area contributed by atoms with Crippen LogP contribution in [0.2, 0.25) is 0 Å². The van der Waals surface area contributed by atoms with E-state index >= 15 is 0 Å². The van der Waals surface area contributed by atoms with Crippen LogP contribution >= 0.6 is 28.3 Å². The van der Waals surface area contributed by atoms with Crippen molar-refractivity contribution in [3.8, 4) is 0 Å². The molecule has 0 unspecified atom stereocenters. The van der Waals surface area contributed by atoms with Crippen LogP contribution in [0.5, 0.6) is 0 Å². The van der Waals surface area contributed by atoms with E-state index in [1.807, 2.05) is 18.2 Å². The Morgan fingerprint density at radius 3 is 2.30 bits per heavy atom. The summed E-state index contributed by atoms with van der Waals surface area (Å²) in [5.74, 6) is 0.747. The molecule has 5 rings (SSSR count). The van der Waals surface area contributed by atoms with Crippen molar-refractivity contribution in [1.29, 1.82) is 0 Å². The fraction of sp³-hybridized carbons (Fsp3) is 0.533. The Kier molecular flexibility index (Phi) is 9.71. The number of rotatable bonds is 8. The Bertz CT molecular complexity index is 1030. The van der Waals surface area contributed by atoms with Gasteiger partial charge in [0.05, 0.1) is 11.5 Å². The molecule has 200 valence electrons. The highest BCUT2D eigenvalue weighted by Gasteiger charge is 2.47. The lowest BCUT2D eigenvalue weighted by Gasteiger charge is -2.38. The van der Waals surface area contributed by atoms with Gasteiger partial charge in [0.2, 0.25) is 11.8 Å². The second-order valence-electron chi connectivity index (χ2n) is 11.0. The Hall–Kier alpha value is -1.89. The summed E-state index contributed by atoms with van der Waals surface area (Å²) in [5.41, 5.74) is 2.20. The molecule has 2 aliphatic heterocycles. The summed E-state index contributed by atoms with van der Waals surface area (Å²) in [5, 5.41) is 3.37. The second-order valence-corrected chi connectivity index (χ2v) is 11.9. The first-order valence-electron chi connectivity index (χ1n) is 13.6. The van der Waals surface area contributed by atoms with Gasteiger partial charge in [-0.25, -0.2) is 0 Å². The van der Waals surface area contributed by atoms with Crippen LogP contribution in [0.3, 0.4) is 0 Å². The number of nitrogens with zero attached hydrogens (tertiary/aromatic N) is 2. The average molecular weight is 589 g/mol. The molecule has 1 spiro atoms. The lowest BCUT2D eigenvalue weighted by Crippen LogP contribution is -2.45. The van der Waals surface area contributed by atoms with Crippen molar-refractivity contribution >= 4 is 40.2 Å². The fourth-order valence-electron chi connectivity index (χ4n) is 6.32. The molecule has 1 saturated carbocycles. The summed E-state index contributed by atoms with van der Waals surface area (Å²) < 4.78 is 1.07. The summed E-state index contributed by atoms with van der Waals surface area (Å²) in [4.78, 5) is 30.9. The zero-order valence-electron chi connectivity index (χ0n) is 21.5. The van der Waals surface area contributed by atoms with Gasteiger partial charge in [0, 0.05) is 30.0 Å². The quantitative estimate of drug-likeness (QED) is 0.404. The number of hydrogen-bond donors (Lipinski definition) is 1. The first kappa shape index (κ1) is 28.1. The molecule has 2 amide bonds. The molecule has 1 aliphatic carbocycles. The molecular formula is C30H39BrClN3O2. The van der Waals surface area contributed by atoms with Crippen LogP contribution < -0.4 is 5.32 Å². The molecule has 2 heterocycles. The molecule has 1 N–H and O–H groups in total. The summed E-state index contributed by atoms with van der Waals surface area (Å²) >= 11 is 3.49. The van der Waals surface area contributed by atoms with Gasteiger partial charge in [-0.2, -0.15) is 0 Å². The minimum absolute atomic E-state index is 0. The third-order valence-electron chi connectivity index (χ3n) is 8.68. The van der Waals surface area contributed by atoms with Crippen molar-refractivity contribution < 1.29 is 9.59 Å². The maximum atomic E-state index is 13.4. The van der Waals surface area contributed by atoms with Crippen LogP contribution in [0.15, 0.2) is 59.1 Å². The van der Waals surface area contributed by atoms with E-state index in [4.69, 9.17) is 0 Å². The highest BCUT2D eigenvalue weighted by Crippen LogP contribution is 2.42. The van der Waals surface area contributed by atoms with Crippen LogP contribution in [0.4, 0.5) is 0 Å². The van der Waals surface area contributed by atoms with Crippen LogP contribution in [-0.2, 0) is 16.1 Å². The molecule has 2 aromatic rings. The largest absolute Gasteiger partial charge is 0.349 e. The number of halogens is 2. The van der Waals surface area contributed by atoms with E-state index in [0.29, 0.717) is 12.5 Å². The number of piperidine rings is 1. The van der Waals surface area contributed by atoms with Gasteiger partial charge in [-0.15, -0.1) is 12.4 Å². The topological polar surface area (TPSA) is 52.7 Å². The van der Waals surface area contributed by atoms with Gasteiger partial charge in [-0.1, -0.05) is 71.2 Å². The SMILES string of the molecule is Cl.O=C(N[C@@H](CCN1CCC2(CC1)CCN(Cc1ccc(Br)cc1)C2=O)c1ccccc1)C1CCCC1. The van der Waals surface area contributed by atoms with Gasteiger partial charge in [-0.05, 0) is 74.9 Å². The normalized spacial score (nSPS) is 20.7. The van der Waals surface area contributed by atoms with Crippen molar-refractivity contribution in [2.24, 2.45) is 11.3 Å². The molecule has 0 bridgehead atoms. The zero-order chi connectivity index (χ0) is 25.0. The minimum atomic E-state index is -0.179. The lowest BCUT2D eigenvalue weighted by molar-refractivity contribution is -0.139. The van der Waals surface area contributed by atoms with Crippen molar-refractivity contribution in [3.63, 3.8) is 0 Å². The fourth-order valence-corrected chi connectivity index (χ4v) is 6.58. The van der Waals surface area contributed by atoms with E-state index in [-0.39, 0.29) is 35.7 Å². The molecule has 0 aromatic heterocycles. The summed E-state index contributed by atoms with van der Waals surface area (Å²) in [6.45, 7) is 4.42. The van der Waals surface area contributed by atoms with Crippen LogP contribution in [0.25, 0.3) is 0 Å². The smallest absolute Gasteiger partial charge is 0.229 e. The number of carbonyl (C=O) groups excluding carboxylic acids is 2. The Morgan fingerprint density at radius 2 is 1.62 bits per heavy atom. The highest BCUT2D eigenvalue weighted by molar-refractivity contribution is 9.10. The number of carbonyl (C=O) groups is 2. The standard InChI is InChI=1S/C30H38BrN3O2.ClH/c31-26-12-10-23(11-13-26)22-34-21-17-30(29(34)36)15-19-33(20-16-30)18-14-27(24-6-2-1-3-7-24)32-28(35)25-8-4-5-9-25;/h1-3,6-7,10-13,25,27H,4-5,8-9,14-22H2,(H,32,35);1H/t27-;/m0./s1. The molecule has 0 radical (unpaired) electrons. The maximum Gasteiger partial charge on any atom is 0.229 e. The Morgan fingerprint density at radius 1 is 0.973 bits per heavy atom. The van der Waals surface area contributed by atoms with E-state index in [0.717, 1.165) is 69.2 Å². The summed E-state index contributed by atoms with van der Waals surface area (Å²) in [7, 11) is 0. The molecule has 1 atom stereocenters. The molecule has 37 heavy (non-hydrogen) atoms. The first-order valence-corrected chi connectivity index (χ1v) is 14.4. The predicted octanol–water partition coefficient (Wildman–Crippen LogP) is 6.12. The number of benzene rings is 2. The number of amides is 2. The van der Waals surface area contributed by atoms with E-state index in [9.17, 15) is 9.59 Å². The van der Waals surface area contributed by atoms with Gasteiger partial charge in [0.25, 0.3) is 0 Å². The summed E-state index contributed by atoms with van der Waals surface area (Å²) in [6, 6.07) is 18.7. The van der Waals surface area contributed by atoms with Gasteiger partial charge in [0.1, 0.15) is 0 Å². The monoisotopic (exact) mass is 587 g/mol. The molecule has 5 nitrogen and oxygen atoms in total. The molecule has 3 fully saturated rings. The van der Waals surface area contributed by atoms with E-state index < -0.39 is 0 Å². The Labute approximate surface area is 235 Å². The van der Waals surface area contributed by atoms with Gasteiger partial charge in [0.15, 0.2) is 0 Å². The van der Waals surface area contributed by atoms with E-state index in [2.05, 4.69) is 67.4 Å². The highest BCUT2D eigenvalue weighted by atomic mass is 79.9. The van der Waals surface area contributed by atoms with Gasteiger partial charge in [-0.3, -0.25) is 9.59 Å². The number of likely N-dealkylation sites (tertiary alicyclic amines) is 2. The lowest BCUT2D eigenvalue weighted by atomic mass is 9.77. The summed E-state index contributed by atoms with van der Waals surface area (Å²) in [6.07, 6.45) is 8.13. The van der Waals surface area contributed by atoms with Crippen molar-refractivity contribution in [3.05, 3.63) is 70.2 Å². The minimum Gasteiger partial charge on any atom is -0.349 e. The third-order valence-corrected chi connectivity index (χ3v) is 9.21. The van der Waals surface area contributed by atoms with Crippen LogP contribution in [-0.4, -0.2) is 47.8 Å². The van der Waals surface area contributed by atoms with Crippen LogP contribution in [0.1, 0.15) is 68.5 Å². The molecule has 2 saturated heterocycles. The average Bonchev–Trinajstić information content (AvgIpc) is 3.55. The van der Waals surface area contributed by atoms with Gasteiger partial charge < -0.3 is 15.1 Å². The predicted molar refractivity (Wildman–Crippen MR) is 153 cm³/mol. The molecule has 2 aromatic carbocycles. The van der Waals surface area contributed by atoms with E-state index in [1.54, 1.807) is 0 Å². The van der Waals surface area contributed by atoms with Crippen molar-refractivity contribution in [1.82, 2.24) is 15.1 Å². The molecular weight excluding hydrogens is 550 g/mol. The second kappa shape index (κ2) is 12.8. The maximum absolute atomic E-state index is 13.4. The number of hydrogen-bond acceptors (Lipinski definition) is 3. The van der Waals surface area contributed by atoms with Crippen molar-refractivity contribution in [2.45, 2.75) is 64.0 Å². The first-order chi connectivity index (χ1) is 17.5. The van der Waals surface area contributed by atoms with Crippen LogP contribution in [0, 0.1) is 11.3 Å². The van der Waals surface area contributed by atoms with Gasteiger partial charge >= 0.3 is 0 Å². The number of nitrogens with one attached hydrogen (secondary N) is 1. The van der Waals surface area contributed by atoms with E-state index in [1.165, 1.54) is 24.0 Å².